The molecule has 2 aliphatic carbocycles. The summed E-state index contributed by atoms with van der Waals surface area (Å²) in [6.07, 6.45) is 14.0. The predicted molar refractivity (Wildman–Crippen MR) is 110 cm³/mol. The fourth-order valence-corrected chi connectivity index (χ4v) is 5.12. The van der Waals surface area contributed by atoms with Crippen LogP contribution >= 0.6 is 0 Å². The molecule has 0 aromatic heterocycles. The summed E-state index contributed by atoms with van der Waals surface area (Å²) in [6.45, 7) is 3.47. The van der Waals surface area contributed by atoms with E-state index < -0.39 is 0 Å². The van der Waals surface area contributed by atoms with Gasteiger partial charge in [-0.25, -0.2) is 0 Å². The van der Waals surface area contributed by atoms with Crippen molar-refractivity contribution in [3.63, 3.8) is 0 Å². The van der Waals surface area contributed by atoms with E-state index in [9.17, 15) is 0 Å². The van der Waals surface area contributed by atoms with Crippen molar-refractivity contribution in [3.8, 4) is 5.75 Å². The van der Waals surface area contributed by atoms with E-state index in [-0.39, 0.29) is 0 Å². The van der Waals surface area contributed by atoms with Crippen molar-refractivity contribution in [1.29, 1.82) is 0 Å². The zero-order valence-corrected chi connectivity index (χ0v) is 16.7. The maximum absolute atomic E-state index is 5.67. The van der Waals surface area contributed by atoms with Gasteiger partial charge < -0.3 is 14.4 Å². The van der Waals surface area contributed by atoms with Crippen molar-refractivity contribution in [2.24, 2.45) is 17.8 Å². The van der Waals surface area contributed by atoms with E-state index in [0.717, 1.165) is 30.9 Å². The van der Waals surface area contributed by atoms with Crippen LogP contribution in [-0.2, 0) is 11.2 Å². The van der Waals surface area contributed by atoms with Gasteiger partial charge in [0.05, 0.1) is 20.0 Å². The lowest BCUT2D eigenvalue weighted by molar-refractivity contribution is 0.112. The molecular weight excluding hydrogens is 334 g/mol. The summed E-state index contributed by atoms with van der Waals surface area (Å²) in [5.41, 5.74) is 2.95. The van der Waals surface area contributed by atoms with Crippen LogP contribution in [0.15, 0.2) is 60.0 Å². The van der Waals surface area contributed by atoms with Gasteiger partial charge >= 0.3 is 0 Å². The largest absolute Gasteiger partial charge is 0.501 e. The molecule has 1 aromatic rings. The molecule has 0 bridgehead atoms. The number of methoxy groups -OCH3 is 2. The van der Waals surface area contributed by atoms with Gasteiger partial charge in [-0.3, -0.25) is 0 Å². The number of fused-ring (bicyclic) bond motifs is 3. The fourth-order valence-electron chi connectivity index (χ4n) is 5.12. The molecule has 0 spiro atoms. The number of hydrogen-bond acceptors (Lipinski definition) is 3. The number of nitrogens with zero attached hydrogens (tertiary/aromatic N) is 1. The van der Waals surface area contributed by atoms with E-state index in [1.807, 2.05) is 7.11 Å². The smallest absolute Gasteiger partial charge is 0.118 e. The molecule has 4 rings (SSSR count). The molecule has 4 atom stereocenters. The highest BCUT2D eigenvalue weighted by atomic mass is 16.5. The van der Waals surface area contributed by atoms with Gasteiger partial charge in [0.2, 0.25) is 0 Å². The first kappa shape index (κ1) is 18.2. The average Bonchev–Trinajstić information content (AvgIpc) is 2.72. The minimum absolute atomic E-state index is 0.519. The van der Waals surface area contributed by atoms with Crippen LogP contribution in [0.25, 0.3) is 0 Å². The van der Waals surface area contributed by atoms with E-state index in [2.05, 4.69) is 60.4 Å². The maximum atomic E-state index is 5.67. The van der Waals surface area contributed by atoms with Gasteiger partial charge in [-0.15, -0.1) is 0 Å². The average molecular weight is 366 g/mol. The van der Waals surface area contributed by atoms with Gasteiger partial charge in [0.25, 0.3) is 0 Å². The normalized spacial score (nSPS) is 29.4. The van der Waals surface area contributed by atoms with E-state index in [0.29, 0.717) is 23.8 Å². The van der Waals surface area contributed by atoms with Crippen molar-refractivity contribution in [1.82, 2.24) is 4.90 Å². The van der Waals surface area contributed by atoms with Gasteiger partial charge in [0.1, 0.15) is 5.75 Å². The third kappa shape index (κ3) is 3.52. The minimum Gasteiger partial charge on any atom is -0.501 e. The van der Waals surface area contributed by atoms with Crippen LogP contribution in [0.5, 0.6) is 5.75 Å². The molecular formula is C24H31NO2. The van der Waals surface area contributed by atoms with Crippen molar-refractivity contribution in [2.45, 2.75) is 38.6 Å². The van der Waals surface area contributed by atoms with Gasteiger partial charge in [-0.05, 0) is 62.3 Å². The summed E-state index contributed by atoms with van der Waals surface area (Å²) in [7, 11) is 3.53. The Morgan fingerprint density at radius 2 is 1.85 bits per heavy atom. The van der Waals surface area contributed by atoms with Crippen molar-refractivity contribution < 1.29 is 9.47 Å². The second kappa shape index (κ2) is 7.84. The molecule has 3 nitrogen and oxygen atoms in total. The molecule has 3 unspecified atom stereocenters. The monoisotopic (exact) mass is 365 g/mol. The lowest BCUT2D eigenvalue weighted by Gasteiger charge is -2.49. The molecule has 1 heterocycles. The highest BCUT2D eigenvalue weighted by molar-refractivity contribution is 5.30. The summed E-state index contributed by atoms with van der Waals surface area (Å²) in [4.78, 5) is 2.67. The number of allylic oxidation sites excluding steroid dienone is 6. The lowest BCUT2D eigenvalue weighted by Crippen LogP contribution is -2.46. The van der Waals surface area contributed by atoms with Crippen LogP contribution in [0, 0.1) is 17.8 Å². The Labute approximate surface area is 163 Å². The highest BCUT2D eigenvalue weighted by Crippen LogP contribution is 2.47. The second-order valence-corrected chi connectivity index (χ2v) is 8.03. The van der Waals surface area contributed by atoms with E-state index in [1.54, 1.807) is 12.8 Å². The SMILES string of the molecule is COC1=CC=CC2C1CC=C1[C@H]2CCC(C)N1CCc1ccc(OC)cc1. The summed E-state index contributed by atoms with van der Waals surface area (Å²) in [6, 6.07) is 9.12. The molecule has 0 N–H and O–H groups in total. The number of rotatable bonds is 5. The first-order valence-electron chi connectivity index (χ1n) is 10.2. The van der Waals surface area contributed by atoms with Crippen molar-refractivity contribution in [2.75, 3.05) is 20.8 Å². The first-order valence-corrected chi connectivity index (χ1v) is 10.2. The summed E-state index contributed by atoms with van der Waals surface area (Å²) in [5.74, 6) is 3.82. The Kier molecular flexibility index (Phi) is 5.29. The van der Waals surface area contributed by atoms with Gasteiger partial charge in [-0.2, -0.15) is 0 Å². The number of likely N-dealkylation sites (tertiary alicyclic amines) is 1. The first-order chi connectivity index (χ1) is 13.2. The van der Waals surface area contributed by atoms with Crippen molar-refractivity contribution in [3.05, 3.63) is 65.6 Å². The number of piperidine rings is 1. The third-order valence-corrected chi connectivity index (χ3v) is 6.64. The molecule has 1 aromatic carbocycles. The lowest BCUT2D eigenvalue weighted by atomic mass is 9.67. The number of benzene rings is 1. The van der Waals surface area contributed by atoms with Crippen LogP contribution in [0.3, 0.4) is 0 Å². The standard InChI is InChI=1S/C24H31NO2/c1-17-7-12-21-20-5-4-6-24(27-3)22(20)13-14-23(21)25(17)16-15-18-8-10-19(26-2)11-9-18/h4-6,8-11,14,17,20-22H,7,12-13,15-16H2,1-3H3/t17?,20?,21-,22?/m0/s1. The van der Waals surface area contributed by atoms with Crippen LogP contribution in [0.2, 0.25) is 0 Å². The Hall–Kier alpha value is -2.16. The highest BCUT2D eigenvalue weighted by Gasteiger charge is 2.41. The van der Waals surface area contributed by atoms with Gasteiger partial charge in [0, 0.05) is 30.1 Å². The predicted octanol–water partition coefficient (Wildman–Crippen LogP) is 4.96. The van der Waals surface area contributed by atoms with Crippen LogP contribution in [0.1, 0.15) is 31.7 Å². The Morgan fingerprint density at radius 1 is 1.04 bits per heavy atom. The molecule has 3 heteroatoms. The summed E-state index contributed by atoms with van der Waals surface area (Å²) in [5, 5.41) is 0. The topological polar surface area (TPSA) is 21.7 Å². The molecule has 1 saturated heterocycles. The van der Waals surface area contributed by atoms with Crippen LogP contribution < -0.4 is 4.74 Å². The Balaban J connectivity index is 1.50. The number of hydrogen-bond donors (Lipinski definition) is 0. The van der Waals surface area contributed by atoms with Crippen LogP contribution in [-0.4, -0.2) is 31.7 Å². The number of ether oxygens (including phenoxy) is 2. The van der Waals surface area contributed by atoms with Gasteiger partial charge in [0.15, 0.2) is 0 Å². The van der Waals surface area contributed by atoms with Crippen molar-refractivity contribution >= 4 is 0 Å². The Bertz CT molecular complexity index is 746. The van der Waals surface area contributed by atoms with Crippen LogP contribution in [0.4, 0.5) is 0 Å². The zero-order valence-electron chi connectivity index (χ0n) is 16.7. The molecule has 1 aliphatic heterocycles. The molecule has 1 fully saturated rings. The van der Waals surface area contributed by atoms with E-state index in [4.69, 9.17) is 9.47 Å². The summed E-state index contributed by atoms with van der Waals surface area (Å²) >= 11 is 0. The zero-order chi connectivity index (χ0) is 18.8. The minimum atomic E-state index is 0.519. The molecule has 0 saturated carbocycles. The fraction of sp³-hybridized carbons (Fsp3) is 0.500. The molecule has 27 heavy (non-hydrogen) atoms. The molecule has 3 aliphatic rings. The molecule has 0 radical (unpaired) electrons. The third-order valence-electron chi connectivity index (χ3n) is 6.64. The van der Waals surface area contributed by atoms with E-state index >= 15 is 0 Å². The van der Waals surface area contributed by atoms with E-state index in [1.165, 1.54) is 18.4 Å². The quantitative estimate of drug-likeness (QED) is 0.736. The maximum Gasteiger partial charge on any atom is 0.118 e. The summed E-state index contributed by atoms with van der Waals surface area (Å²) < 4.78 is 10.9. The molecule has 0 amide bonds. The van der Waals surface area contributed by atoms with Gasteiger partial charge in [-0.1, -0.05) is 30.4 Å². The second-order valence-electron chi connectivity index (χ2n) is 8.03. The molecule has 144 valence electrons. The Morgan fingerprint density at radius 3 is 2.59 bits per heavy atom.